The van der Waals surface area contributed by atoms with Crippen molar-refractivity contribution in [1.82, 2.24) is 10.6 Å². The van der Waals surface area contributed by atoms with Gasteiger partial charge in [-0.25, -0.2) is 0 Å². The SMILES string of the molecule is CNC(=O)CCNC(=O)c1cc(C)ccc1NC. The van der Waals surface area contributed by atoms with Crippen LogP contribution in [-0.2, 0) is 4.79 Å². The van der Waals surface area contributed by atoms with E-state index in [1.807, 2.05) is 25.1 Å². The van der Waals surface area contributed by atoms with Crippen LogP contribution in [0.25, 0.3) is 0 Å². The molecular formula is C13H19N3O2. The lowest BCUT2D eigenvalue weighted by molar-refractivity contribution is -0.120. The Hall–Kier alpha value is -2.04. The van der Waals surface area contributed by atoms with Crippen molar-refractivity contribution in [3.8, 4) is 0 Å². The zero-order valence-electron chi connectivity index (χ0n) is 11.0. The van der Waals surface area contributed by atoms with Crippen molar-refractivity contribution < 1.29 is 9.59 Å². The van der Waals surface area contributed by atoms with Crippen molar-refractivity contribution in [1.29, 1.82) is 0 Å². The largest absolute Gasteiger partial charge is 0.387 e. The molecule has 0 saturated carbocycles. The molecule has 0 spiro atoms. The summed E-state index contributed by atoms with van der Waals surface area (Å²) in [4.78, 5) is 23.0. The van der Waals surface area contributed by atoms with E-state index in [2.05, 4.69) is 16.0 Å². The average Bonchev–Trinajstić information content (AvgIpc) is 2.38. The lowest BCUT2D eigenvalue weighted by Crippen LogP contribution is -2.29. The third-order valence-electron chi connectivity index (χ3n) is 2.61. The van der Waals surface area contributed by atoms with Gasteiger partial charge in [0.2, 0.25) is 5.91 Å². The first-order chi connectivity index (χ1) is 8.58. The molecule has 0 atom stereocenters. The molecule has 0 aromatic heterocycles. The Balaban J connectivity index is 2.66. The van der Waals surface area contributed by atoms with Crippen molar-refractivity contribution in [3.05, 3.63) is 29.3 Å². The van der Waals surface area contributed by atoms with E-state index in [9.17, 15) is 9.59 Å². The topological polar surface area (TPSA) is 70.2 Å². The lowest BCUT2D eigenvalue weighted by Gasteiger charge is -2.10. The highest BCUT2D eigenvalue weighted by molar-refractivity contribution is 5.99. The zero-order valence-corrected chi connectivity index (χ0v) is 11.0. The number of carbonyl (C=O) groups is 2. The van der Waals surface area contributed by atoms with Crippen LogP contribution in [0.3, 0.4) is 0 Å². The Morgan fingerprint density at radius 1 is 1.22 bits per heavy atom. The first kappa shape index (κ1) is 14.0. The molecule has 0 aliphatic rings. The summed E-state index contributed by atoms with van der Waals surface area (Å²) in [6, 6.07) is 5.62. The summed E-state index contributed by atoms with van der Waals surface area (Å²) in [5, 5.41) is 8.21. The predicted octanol–water partition coefficient (Wildman–Crippen LogP) is 0.903. The van der Waals surface area contributed by atoms with Gasteiger partial charge < -0.3 is 16.0 Å². The number of carbonyl (C=O) groups excluding carboxylic acids is 2. The molecule has 1 aromatic rings. The Morgan fingerprint density at radius 3 is 2.56 bits per heavy atom. The third-order valence-corrected chi connectivity index (χ3v) is 2.61. The fourth-order valence-electron chi connectivity index (χ4n) is 1.57. The molecule has 5 heteroatoms. The van der Waals surface area contributed by atoms with Crippen LogP contribution in [0.5, 0.6) is 0 Å². The molecule has 0 aliphatic heterocycles. The van der Waals surface area contributed by atoms with E-state index in [-0.39, 0.29) is 18.2 Å². The minimum atomic E-state index is -0.174. The van der Waals surface area contributed by atoms with E-state index >= 15 is 0 Å². The van der Waals surface area contributed by atoms with Crippen molar-refractivity contribution in [2.24, 2.45) is 0 Å². The Morgan fingerprint density at radius 2 is 1.94 bits per heavy atom. The summed E-state index contributed by atoms with van der Waals surface area (Å²) < 4.78 is 0. The van der Waals surface area contributed by atoms with Crippen molar-refractivity contribution in [2.75, 3.05) is 26.0 Å². The van der Waals surface area contributed by atoms with E-state index in [1.165, 1.54) is 0 Å². The molecule has 98 valence electrons. The molecule has 3 N–H and O–H groups in total. The van der Waals surface area contributed by atoms with Crippen LogP contribution < -0.4 is 16.0 Å². The fraction of sp³-hybridized carbons (Fsp3) is 0.385. The molecule has 0 aliphatic carbocycles. The van der Waals surface area contributed by atoms with Crippen LogP contribution in [0, 0.1) is 6.92 Å². The number of anilines is 1. The number of rotatable bonds is 5. The van der Waals surface area contributed by atoms with Crippen molar-refractivity contribution >= 4 is 17.5 Å². The number of amides is 2. The van der Waals surface area contributed by atoms with Gasteiger partial charge in [0, 0.05) is 32.7 Å². The van der Waals surface area contributed by atoms with Gasteiger partial charge in [-0.3, -0.25) is 9.59 Å². The summed E-state index contributed by atoms with van der Waals surface area (Å²) in [7, 11) is 3.34. The Bertz CT molecular complexity index is 444. The Kier molecular flexibility index (Phi) is 5.17. The monoisotopic (exact) mass is 249 g/mol. The van der Waals surface area contributed by atoms with Gasteiger partial charge in [0.25, 0.3) is 5.91 Å². The van der Waals surface area contributed by atoms with Crippen LogP contribution in [0.15, 0.2) is 18.2 Å². The molecule has 0 bridgehead atoms. The van der Waals surface area contributed by atoms with E-state index in [1.54, 1.807) is 14.1 Å². The molecule has 0 saturated heterocycles. The summed E-state index contributed by atoms with van der Waals surface area (Å²) in [5.41, 5.74) is 2.39. The minimum absolute atomic E-state index is 0.0895. The smallest absolute Gasteiger partial charge is 0.253 e. The highest BCUT2D eigenvalue weighted by atomic mass is 16.2. The number of hydrogen-bond acceptors (Lipinski definition) is 3. The molecule has 0 unspecified atom stereocenters. The molecule has 0 fully saturated rings. The number of aryl methyl sites for hydroxylation is 1. The zero-order chi connectivity index (χ0) is 13.5. The van der Waals surface area contributed by atoms with Crippen molar-refractivity contribution in [2.45, 2.75) is 13.3 Å². The Labute approximate surface area is 107 Å². The van der Waals surface area contributed by atoms with Gasteiger partial charge in [-0.05, 0) is 19.1 Å². The van der Waals surface area contributed by atoms with E-state index < -0.39 is 0 Å². The maximum absolute atomic E-state index is 12.0. The third kappa shape index (κ3) is 3.76. The van der Waals surface area contributed by atoms with Crippen LogP contribution in [0.1, 0.15) is 22.3 Å². The van der Waals surface area contributed by atoms with Gasteiger partial charge in [-0.1, -0.05) is 11.6 Å². The highest BCUT2D eigenvalue weighted by Gasteiger charge is 2.10. The fourth-order valence-corrected chi connectivity index (χ4v) is 1.57. The first-order valence-electron chi connectivity index (χ1n) is 5.85. The molecule has 2 amide bonds. The van der Waals surface area contributed by atoms with Gasteiger partial charge >= 0.3 is 0 Å². The van der Waals surface area contributed by atoms with E-state index in [4.69, 9.17) is 0 Å². The lowest BCUT2D eigenvalue weighted by atomic mass is 10.1. The second-order valence-corrected chi connectivity index (χ2v) is 3.98. The van der Waals surface area contributed by atoms with E-state index in [0.29, 0.717) is 12.1 Å². The standard InChI is InChI=1S/C13H19N3O2/c1-9-4-5-11(14-2)10(8-9)13(18)16-7-6-12(17)15-3/h4-5,8,14H,6-7H2,1-3H3,(H,15,17)(H,16,18). The quantitative estimate of drug-likeness (QED) is 0.726. The highest BCUT2D eigenvalue weighted by Crippen LogP contribution is 2.16. The maximum atomic E-state index is 12.0. The number of benzene rings is 1. The molecule has 1 rings (SSSR count). The second-order valence-electron chi connectivity index (χ2n) is 3.98. The summed E-state index contributed by atoms with van der Waals surface area (Å²) in [6.45, 7) is 2.26. The normalized spacial score (nSPS) is 9.72. The predicted molar refractivity (Wildman–Crippen MR) is 71.7 cm³/mol. The molecular weight excluding hydrogens is 230 g/mol. The number of hydrogen-bond donors (Lipinski definition) is 3. The molecule has 18 heavy (non-hydrogen) atoms. The van der Waals surface area contributed by atoms with Gasteiger partial charge in [0.1, 0.15) is 0 Å². The minimum Gasteiger partial charge on any atom is -0.387 e. The van der Waals surface area contributed by atoms with Crippen molar-refractivity contribution in [3.63, 3.8) is 0 Å². The van der Waals surface area contributed by atoms with Gasteiger partial charge in [0.15, 0.2) is 0 Å². The second kappa shape index (κ2) is 6.64. The van der Waals surface area contributed by atoms with Gasteiger partial charge in [-0.2, -0.15) is 0 Å². The molecule has 1 aromatic carbocycles. The van der Waals surface area contributed by atoms with Crippen LogP contribution >= 0.6 is 0 Å². The number of nitrogens with one attached hydrogen (secondary N) is 3. The molecule has 0 heterocycles. The van der Waals surface area contributed by atoms with Gasteiger partial charge in [0.05, 0.1) is 5.56 Å². The summed E-state index contributed by atoms with van der Waals surface area (Å²) in [6.07, 6.45) is 0.281. The molecule has 5 nitrogen and oxygen atoms in total. The van der Waals surface area contributed by atoms with Crippen LogP contribution in [0.2, 0.25) is 0 Å². The average molecular weight is 249 g/mol. The maximum Gasteiger partial charge on any atom is 0.253 e. The first-order valence-corrected chi connectivity index (χ1v) is 5.85. The van der Waals surface area contributed by atoms with E-state index in [0.717, 1.165) is 11.3 Å². The summed E-state index contributed by atoms with van der Waals surface area (Å²) >= 11 is 0. The summed E-state index contributed by atoms with van der Waals surface area (Å²) in [5.74, 6) is -0.264. The van der Waals surface area contributed by atoms with Crippen LogP contribution in [0.4, 0.5) is 5.69 Å². The van der Waals surface area contributed by atoms with Gasteiger partial charge in [-0.15, -0.1) is 0 Å². The van der Waals surface area contributed by atoms with Crippen LogP contribution in [-0.4, -0.2) is 32.5 Å². The molecule has 0 radical (unpaired) electrons.